The average Bonchev–Trinajstić information content (AvgIpc) is 3.34. The average molecular weight is 507 g/mol. The molecule has 0 aliphatic carbocycles. The van der Waals surface area contributed by atoms with Gasteiger partial charge in [0.25, 0.3) is 0 Å². The van der Waals surface area contributed by atoms with Crippen LogP contribution in [-0.2, 0) is 22.6 Å². The molecule has 4 rings (SSSR count). The van der Waals surface area contributed by atoms with E-state index in [1.807, 2.05) is 58.8 Å². The van der Waals surface area contributed by atoms with Gasteiger partial charge >= 0.3 is 0 Å². The van der Waals surface area contributed by atoms with E-state index < -0.39 is 0 Å². The second kappa shape index (κ2) is 12.3. The van der Waals surface area contributed by atoms with Crippen molar-refractivity contribution >= 4 is 34.4 Å². The number of thiazole rings is 1. The van der Waals surface area contributed by atoms with E-state index >= 15 is 0 Å². The number of anilines is 1. The second-order valence-electron chi connectivity index (χ2n) is 8.39. The molecule has 0 saturated carbocycles. The molecule has 3 aromatic rings. The Bertz CT molecular complexity index is 1200. The SMILES string of the molecule is COc1ccc(OC)c(CN2CCN(C(=O)Cc3csc(NC(=O)/C=C/c4ccccc4)n3)CC2)c1. The maximum atomic E-state index is 12.8. The summed E-state index contributed by atoms with van der Waals surface area (Å²) in [7, 11) is 3.32. The number of aromatic nitrogens is 1. The Labute approximate surface area is 215 Å². The van der Waals surface area contributed by atoms with Gasteiger partial charge in [-0.2, -0.15) is 0 Å². The first-order valence-electron chi connectivity index (χ1n) is 11.7. The van der Waals surface area contributed by atoms with Crippen molar-refractivity contribution in [3.05, 3.63) is 76.8 Å². The van der Waals surface area contributed by atoms with E-state index in [1.54, 1.807) is 20.3 Å². The molecule has 188 valence electrons. The normalized spacial score (nSPS) is 14.1. The number of nitrogens with one attached hydrogen (secondary N) is 1. The number of nitrogens with zero attached hydrogens (tertiary/aromatic N) is 3. The van der Waals surface area contributed by atoms with E-state index in [2.05, 4.69) is 15.2 Å². The lowest BCUT2D eigenvalue weighted by atomic mass is 10.1. The minimum Gasteiger partial charge on any atom is -0.497 e. The van der Waals surface area contributed by atoms with Gasteiger partial charge in [0, 0.05) is 49.7 Å². The molecule has 2 heterocycles. The van der Waals surface area contributed by atoms with Crippen LogP contribution in [0.2, 0.25) is 0 Å². The molecule has 1 aliphatic heterocycles. The molecule has 1 aromatic heterocycles. The van der Waals surface area contributed by atoms with Crippen molar-refractivity contribution in [2.45, 2.75) is 13.0 Å². The van der Waals surface area contributed by atoms with Crippen LogP contribution in [-0.4, -0.2) is 67.0 Å². The fourth-order valence-corrected chi connectivity index (χ4v) is 4.71. The molecule has 1 saturated heterocycles. The number of piperazine rings is 1. The van der Waals surface area contributed by atoms with E-state index in [0.717, 1.165) is 42.3 Å². The third kappa shape index (κ3) is 6.93. The summed E-state index contributed by atoms with van der Waals surface area (Å²) >= 11 is 1.32. The van der Waals surface area contributed by atoms with Crippen molar-refractivity contribution in [3.63, 3.8) is 0 Å². The van der Waals surface area contributed by atoms with Crippen LogP contribution in [0.1, 0.15) is 16.8 Å². The zero-order valence-electron chi connectivity index (χ0n) is 20.5. The summed E-state index contributed by atoms with van der Waals surface area (Å²) in [6.45, 7) is 3.60. The van der Waals surface area contributed by atoms with Crippen molar-refractivity contribution in [2.24, 2.45) is 0 Å². The Morgan fingerprint density at radius 2 is 1.83 bits per heavy atom. The molecule has 0 radical (unpaired) electrons. The first-order chi connectivity index (χ1) is 17.5. The summed E-state index contributed by atoms with van der Waals surface area (Å²) in [4.78, 5) is 33.6. The highest BCUT2D eigenvalue weighted by Crippen LogP contribution is 2.26. The lowest BCUT2D eigenvalue weighted by Crippen LogP contribution is -2.48. The first kappa shape index (κ1) is 25.4. The molecule has 2 amide bonds. The van der Waals surface area contributed by atoms with Crippen LogP contribution >= 0.6 is 11.3 Å². The molecule has 36 heavy (non-hydrogen) atoms. The van der Waals surface area contributed by atoms with Gasteiger partial charge in [-0.25, -0.2) is 4.98 Å². The van der Waals surface area contributed by atoms with Crippen molar-refractivity contribution < 1.29 is 19.1 Å². The highest BCUT2D eigenvalue weighted by atomic mass is 32.1. The molecule has 0 bridgehead atoms. The molecule has 8 nitrogen and oxygen atoms in total. The molecule has 0 unspecified atom stereocenters. The lowest BCUT2D eigenvalue weighted by molar-refractivity contribution is -0.132. The Hall–Kier alpha value is -3.69. The molecule has 9 heteroatoms. The Kier molecular flexibility index (Phi) is 8.70. The zero-order valence-corrected chi connectivity index (χ0v) is 21.3. The minimum absolute atomic E-state index is 0.0424. The fraction of sp³-hybridized carbons (Fsp3) is 0.296. The van der Waals surface area contributed by atoms with Crippen LogP contribution in [0, 0.1) is 0 Å². The van der Waals surface area contributed by atoms with Gasteiger partial charge in [0.15, 0.2) is 5.13 Å². The molecule has 1 fully saturated rings. The van der Waals surface area contributed by atoms with Gasteiger partial charge in [0.1, 0.15) is 11.5 Å². The van der Waals surface area contributed by atoms with Crippen molar-refractivity contribution in [2.75, 3.05) is 45.7 Å². The van der Waals surface area contributed by atoms with Crippen molar-refractivity contribution in [1.82, 2.24) is 14.8 Å². The van der Waals surface area contributed by atoms with Crippen molar-refractivity contribution in [1.29, 1.82) is 0 Å². The van der Waals surface area contributed by atoms with Crippen LogP contribution in [0.5, 0.6) is 11.5 Å². The second-order valence-corrected chi connectivity index (χ2v) is 9.25. The van der Waals surface area contributed by atoms with Gasteiger partial charge in [-0.15, -0.1) is 11.3 Å². The summed E-state index contributed by atoms with van der Waals surface area (Å²) in [6, 6.07) is 15.4. The summed E-state index contributed by atoms with van der Waals surface area (Å²) in [5, 5.41) is 5.07. The molecule has 2 aromatic carbocycles. The minimum atomic E-state index is -0.255. The first-order valence-corrected chi connectivity index (χ1v) is 12.6. The number of hydrogen-bond donors (Lipinski definition) is 1. The summed E-state index contributed by atoms with van der Waals surface area (Å²) in [5.74, 6) is 1.41. The van der Waals surface area contributed by atoms with Gasteiger partial charge in [-0.1, -0.05) is 30.3 Å². The van der Waals surface area contributed by atoms with Crippen LogP contribution in [0.4, 0.5) is 5.13 Å². The molecular weight excluding hydrogens is 476 g/mol. The standard InChI is InChI=1S/C27H30N4O4S/c1-34-23-9-10-24(35-2)21(16-23)18-30-12-14-31(15-13-30)26(33)17-22-19-36-27(28-22)29-25(32)11-8-20-6-4-3-5-7-20/h3-11,16,19H,12-15,17-18H2,1-2H3,(H,28,29,32)/b11-8+. The predicted molar refractivity (Wildman–Crippen MR) is 141 cm³/mol. The third-order valence-electron chi connectivity index (χ3n) is 5.95. The topological polar surface area (TPSA) is 84.0 Å². The number of benzene rings is 2. The number of carbonyl (C=O) groups excluding carboxylic acids is 2. The molecule has 1 N–H and O–H groups in total. The van der Waals surface area contributed by atoms with Gasteiger partial charge in [0.2, 0.25) is 11.8 Å². The van der Waals surface area contributed by atoms with Crippen LogP contribution in [0.15, 0.2) is 60.0 Å². The summed E-state index contributed by atoms with van der Waals surface area (Å²) < 4.78 is 10.8. The molecule has 0 spiro atoms. The van der Waals surface area contributed by atoms with E-state index in [9.17, 15) is 9.59 Å². The number of methoxy groups -OCH3 is 2. The van der Waals surface area contributed by atoms with E-state index in [4.69, 9.17) is 9.47 Å². The van der Waals surface area contributed by atoms with E-state index in [0.29, 0.717) is 23.9 Å². The van der Waals surface area contributed by atoms with E-state index in [-0.39, 0.29) is 18.2 Å². The van der Waals surface area contributed by atoms with Gasteiger partial charge in [0.05, 0.1) is 26.3 Å². The number of carbonyl (C=O) groups is 2. The van der Waals surface area contributed by atoms with E-state index in [1.165, 1.54) is 17.4 Å². The van der Waals surface area contributed by atoms with Gasteiger partial charge in [-0.3, -0.25) is 19.8 Å². The van der Waals surface area contributed by atoms with Gasteiger partial charge in [-0.05, 0) is 29.8 Å². The molecule has 0 atom stereocenters. The molecular formula is C27H30N4O4S. The highest BCUT2D eigenvalue weighted by molar-refractivity contribution is 7.14. The lowest BCUT2D eigenvalue weighted by Gasteiger charge is -2.35. The van der Waals surface area contributed by atoms with Crippen LogP contribution in [0.3, 0.4) is 0 Å². The maximum Gasteiger partial charge on any atom is 0.250 e. The Morgan fingerprint density at radius 1 is 1.06 bits per heavy atom. The predicted octanol–water partition coefficient (Wildman–Crippen LogP) is 3.70. The highest BCUT2D eigenvalue weighted by Gasteiger charge is 2.23. The third-order valence-corrected chi connectivity index (χ3v) is 6.75. The largest absolute Gasteiger partial charge is 0.497 e. The zero-order chi connectivity index (χ0) is 25.3. The number of amides is 2. The van der Waals surface area contributed by atoms with Crippen LogP contribution < -0.4 is 14.8 Å². The van der Waals surface area contributed by atoms with Crippen LogP contribution in [0.25, 0.3) is 6.08 Å². The van der Waals surface area contributed by atoms with Gasteiger partial charge < -0.3 is 14.4 Å². The number of ether oxygens (including phenoxy) is 2. The monoisotopic (exact) mass is 506 g/mol. The Morgan fingerprint density at radius 3 is 2.56 bits per heavy atom. The fourth-order valence-electron chi connectivity index (χ4n) is 4.00. The quantitative estimate of drug-likeness (QED) is 0.446. The maximum absolute atomic E-state index is 12.8. The summed E-state index contributed by atoms with van der Waals surface area (Å²) in [6.07, 6.45) is 3.44. The Balaban J connectivity index is 1.24. The number of hydrogen-bond acceptors (Lipinski definition) is 7. The number of rotatable bonds is 9. The smallest absolute Gasteiger partial charge is 0.250 e. The van der Waals surface area contributed by atoms with Crippen molar-refractivity contribution in [3.8, 4) is 11.5 Å². The summed E-state index contributed by atoms with van der Waals surface area (Å²) in [5.41, 5.74) is 2.67. The molecule has 1 aliphatic rings.